The molecule has 0 aliphatic carbocycles. The van der Waals surface area contributed by atoms with Gasteiger partial charge in [0.15, 0.2) is 0 Å². The molecule has 0 saturated heterocycles. The van der Waals surface area contributed by atoms with Crippen molar-refractivity contribution in [2.75, 3.05) is 6.61 Å². The van der Waals surface area contributed by atoms with Crippen LogP contribution in [0.1, 0.15) is 12.0 Å². The van der Waals surface area contributed by atoms with Crippen LogP contribution in [0.5, 0.6) is 0 Å². The molecule has 0 aliphatic heterocycles. The number of hydrogen-bond acceptors (Lipinski definition) is 2. The maximum absolute atomic E-state index is 12.5. The van der Waals surface area contributed by atoms with Crippen LogP contribution >= 0.6 is 0 Å². The largest absolute Gasteiger partial charge is 0.304 e. The Labute approximate surface area is 76.8 Å². The summed E-state index contributed by atoms with van der Waals surface area (Å²) >= 11 is 0. The first kappa shape index (κ1) is 9.89. The van der Waals surface area contributed by atoms with Crippen molar-refractivity contribution in [1.29, 1.82) is 0 Å². The molecule has 0 heterocycles. The second-order valence-electron chi connectivity index (χ2n) is 2.61. The zero-order chi connectivity index (χ0) is 9.52. The fraction of sp³-hybridized carbons (Fsp3) is 0.200. The summed E-state index contributed by atoms with van der Waals surface area (Å²) in [5, 5.41) is 0. The molecule has 13 heavy (non-hydrogen) atoms. The molecule has 2 N–H and O–H groups in total. The number of rotatable bonds is 4. The lowest BCUT2D eigenvalue weighted by Crippen LogP contribution is -1.98. The van der Waals surface area contributed by atoms with Gasteiger partial charge in [-0.25, -0.2) is 10.3 Å². The maximum atomic E-state index is 12.5. The molecular weight excluding hydrogens is 169 g/mol. The lowest BCUT2D eigenvalue weighted by atomic mass is 10.2. The molecule has 0 spiro atoms. The van der Waals surface area contributed by atoms with Crippen molar-refractivity contribution < 1.29 is 9.23 Å². The Balaban J connectivity index is 2.44. The van der Waals surface area contributed by atoms with E-state index in [-0.39, 0.29) is 5.82 Å². The number of hydrogen-bond donors (Lipinski definition) is 1. The van der Waals surface area contributed by atoms with Crippen LogP contribution in [0.4, 0.5) is 4.39 Å². The van der Waals surface area contributed by atoms with Crippen molar-refractivity contribution in [2.24, 2.45) is 5.90 Å². The molecule has 0 unspecified atom stereocenters. The van der Waals surface area contributed by atoms with Crippen molar-refractivity contribution in [3.05, 3.63) is 41.7 Å². The van der Waals surface area contributed by atoms with Gasteiger partial charge < -0.3 is 4.84 Å². The molecule has 0 aliphatic rings. The highest BCUT2D eigenvalue weighted by atomic mass is 19.1. The van der Waals surface area contributed by atoms with Crippen molar-refractivity contribution in [1.82, 2.24) is 0 Å². The van der Waals surface area contributed by atoms with E-state index < -0.39 is 0 Å². The van der Waals surface area contributed by atoms with Gasteiger partial charge in [-0.2, -0.15) is 0 Å². The van der Waals surface area contributed by atoms with E-state index in [2.05, 4.69) is 4.84 Å². The predicted molar refractivity (Wildman–Crippen MR) is 50.2 cm³/mol. The normalized spacial score (nSPS) is 10.9. The van der Waals surface area contributed by atoms with Gasteiger partial charge in [-0.15, -0.1) is 0 Å². The molecule has 0 bridgehead atoms. The highest BCUT2D eigenvalue weighted by Gasteiger charge is 1.87. The molecule has 70 valence electrons. The monoisotopic (exact) mass is 181 g/mol. The Morgan fingerprint density at radius 3 is 2.62 bits per heavy atom. The average Bonchev–Trinajstić information content (AvgIpc) is 2.15. The van der Waals surface area contributed by atoms with Gasteiger partial charge in [0.2, 0.25) is 0 Å². The zero-order valence-electron chi connectivity index (χ0n) is 7.24. The highest BCUT2D eigenvalue weighted by molar-refractivity contribution is 5.48. The van der Waals surface area contributed by atoms with Crippen LogP contribution in [-0.2, 0) is 4.84 Å². The summed E-state index contributed by atoms with van der Waals surface area (Å²) < 4.78 is 12.5. The van der Waals surface area contributed by atoms with E-state index in [0.717, 1.165) is 12.0 Å². The van der Waals surface area contributed by atoms with E-state index in [0.29, 0.717) is 6.61 Å². The Morgan fingerprint density at radius 2 is 2.00 bits per heavy atom. The van der Waals surface area contributed by atoms with E-state index in [1.807, 2.05) is 12.2 Å². The number of nitrogens with two attached hydrogens (primary N) is 1. The standard InChI is InChI=1S/C10H12FNO/c11-10-6-4-9(5-7-10)3-1-2-8-13-12/h1,3-7H,2,8,12H2. The van der Waals surface area contributed by atoms with Crippen LogP contribution in [0, 0.1) is 5.82 Å². The lowest BCUT2D eigenvalue weighted by Gasteiger charge is -1.93. The second-order valence-corrected chi connectivity index (χ2v) is 2.61. The van der Waals surface area contributed by atoms with Gasteiger partial charge in [-0.05, 0) is 24.1 Å². The summed E-state index contributed by atoms with van der Waals surface area (Å²) in [5.41, 5.74) is 0.971. The van der Waals surface area contributed by atoms with Gasteiger partial charge in [0.1, 0.15) is 5.82 Å². The van der Waals surface area contributed by atoms with Gasteiger partial charge in [-0.3, -0.25) is 0 Å². The molecule has 1 aromatic carbocycles. The van der Waals surface area contributed by atoms with Crippen molar-refractivity contribution in [3.8, 4) is 0 Å². The molecule has 0 radical (unpaired) electrons. The third-order valence-corrected chi connectivity index (χ3v) is 1.58. The van der Waals surface area contributed by atoms with Gasteiger partial charge in [-0.1, -0.05) is 24.3 Å². The van der Waals surface area contributed by atoms with Gasteiger partial charge in [0.05, 0.1) is 6.61 Å². The zero-order valence-corrected chi connectivity index (χ0v) is 7.24. The Hall–Kier alpha value is -1.19. The van der Waals surface area contributed by atoms with Crippen molar-refractivity contribution >= 4 is 6.08 Å². The smallest absolute Gasteiger partial charge is 0.123 e. The minimum atomic E-state index is -0.220. The second kappa shape index (κ2) is 5.45. The van der Waals surface area contributed by atoms with E-state index in [1.54, 1.807) is 12.1 Å². The molecule has 1 aromatic rings. The third kappa shape index (κ3) is 3.83. The van der Waals surface area contributed by atoms with Gasteiger partial charge >= 0.3 is 0 Å². The highest BCUT2D eigenvalue weighted by Crippen LogP contribution is 2.04. The Morgan fingerprint density at radius 1 is 1.31 bits per heavy atom. The molecular formula is C10H12FNO. The van der Waals surface area contributed by atoms with Crippen LogP contribution < -0.4 is 5.90 Å². The minimum Gasteiger partial charge on any atom is -0.304 e. The van der Waals surface area contributed by atoms with Crippen LogP contribution in [-0.4, -0.2) is 6.61 Å². The van der Waals surface area contributed by atoms with Crippen LogP contribution in [0.3, 0.4) is 0 Å². The molecule has 0 atom stereocenters. The molecule has 0 amide bonds. The van der Waals surface area contributed by atoms with Crippen LogP contribution in [0.25, 0.3) is 6.08 Å². The summed E-state index contributed by atoms with van der Waals surface area (Å²) in [6.07, 6.45) is 4.59. The van der Waals surface area contributed by atoms with Gasteiger partial charge in [0.25, 0.3) is 0 Å². The first-order valence-electron chi connectivity index (χ1n) is 4.06. The maximum Gasteiger partial charge on any atom is 0.123 e. The first-order valence-corrected chi connectivity index (χ1v) is 4.06. The van der Waals surface area contributed by atoms with E-state index in [9.17, 15) is 4.39 Å². The first-order chi connectivity index (χ1) is 6.33. The summed E-state index contributed by atoms with van der Waals surface area (Å²) in [4.78, 5) is 4.39. The van der Waals surface area contributed by atoms with Crippen molar-refractivity contribution in [2.45, 2.75) is 6.42 Å². The lowest BCUT2D eigenvalue weighted by molar-refractivity contribution is 0.143. The number of benzene rings is 1. The van der Waals surface area contributed by atoms with E-state index in [1.165, 1.54) is 12.1 Å². The Kier molecular flexibility index (Phi) is 4.15. The molecule has 1 rings (SSSR count). The summed E-state index contributed by atoms with van der Waals surface area (Å²) in [6, 6.07) is 6.29. The predicted octanol–water partition coefficient (Wildman–Crippen LogP) is 2.12. The van der Waals surface area contributed by atoms with Crippen LogP contribution in [0.2, 0.25) is 0 Å². The quantitative estimate of drug-likeness (QED) is 0.570. The minimum absolute atomic E-state index is 0.220. The summed E-state index contributed by atoms with van der Waals surface area (Å²) in [5.74, 6) is 4.62. The third-order valence-electron chi connectivity index (χ3n) is 1.58. The summed E-state index contributed by atoms with van der Waals surface area (Å²) in [6.45, 7) is 0.498. The molecule has 2 nitrogen and oxygen atoms in total. The number of halogens is 1. The average molecular weight is 181 g/mol. The van der Waals surface area contributed by atoms with E-state index in [4.69, 9.17) is 5.90 Å². The van der Waals surface area contributed by atoms with E-state index >= 15 is 0 Å². The van der Waals surface area contributed by atoms with Gasteiger partial charge in [0, 0.05) is 0 Å². The molecule has 3 heteroatoms. The van der Waals surface area contributed by atoms with Crippen molar-refractivity contribution in [3.63, 3.8) is 0 Å². The summed E-state index contributed by atoms with van der Waals surface area (Å²) in [7, 11) is 0. The molecule has 0 aromatic heterocycles. The fourth-order valence-electron chi connectivity index (χ4n) is 0.929. The molecule has 0 saturated carbocycles. The SMILES string of the molecule is NOCCC=Cc1ccc(F)cc1. The fourth-order valence-corrected chi connectivity index (χ4v) is 0.929. The molecule has 0 fully saturated rings. The topological polar surface area (TPSA) is 35.2 Å². The van der Waals surface area contributed by atoms with Crippen LogP contribution in [0.15, 0.2) is 30.3 Å². The Bertz CT molecular complexity index is 269.